The van der Waals surface area contributed by atoms with Crippen molar-refractivity contribution in [1.29, 1.82) is 0 Å². The summed E-state index contributed by atoms with van der Waals surface area (Å²) in [4.78, 5) is 31.1. The lowest BCUT2D eigenvalue weighted by Gasteiger charge is -2.35. The number of hydrogen-bond donors (Lipinski definition) is 2. The van der Waals surface area contributed by atoms with Crippen molar-refractivity contribution >= 4 is 22.8 Å². The van der Waals surface area contributed by atoms with Crippen molar-refractivity contribution in [3.05, 3.63) is 95.7 Å². The Labute approximate surface area is 253 Å². The minimum Gasteiger partial charge on any atom is -0.394 e. The number of nitrogens with one attached hydrogen (secondary N) is 1. The first-order chi connectivity index (χ1) is 20.7. The lowest BCUT2D eigenvalue weighted by molar-refractivity contribution is -0.0186. The summed E-state index contributed by atoms with van der Waals surface area (Å²) in [6.45, 7) is 6.72. The predicted molar refractivity (Wildman–Crippen MR) is 170 cm³/mol. The average Bonchev–Trinajstić information content (AvgIpc) is 3.32. The van der Waals surface area contributed by atoms with Gasteiger partial charge >= 0.3 is 6.03 Å². The fourth-order valence-corrected chi connectivity index (χ4v) is 6.00. The zero-order chi connectivity index (χ0) is 30.7. The first-order valence-corrected chi connectivity index (χ1v) is 15.0. The zero-order valence-corrected chi connectivity index (χ0v) is 25.7. The molecule has 4 atom stereocenters. The fraction of sp³-hybridized carbons (Fsp3) is 0.371. The van der Waals surface area contributed by atoms with Gasteiger partial charge in [-0.2, -0.15) is 0 Å². The lowest BCUT2D eigenvalue weighted by Crippen LogP contribution is -2.49. The smallest absolute Gasteiger partial charge is 0.317 e. The van der Waals surface area contributed by atoms with Crippen LogP contribution < -0.4 is 5.32 Å². The molecule has 3 amide bonds. The van der Waals surface area contributed by atoms with Crippen molar-refractivity contribution in [2.45, 2.75) is 45.6 Å². The Morgan fingerprint density at radius 3 is 2.47 bits per heavy atom. The number of carbonyl (C=O) groups is 2. The molecule has 0 spiro atoms. The van der Waals surface area contributed by atoms with Crippen molar-refractivity contribution in [3.63, 3.8) is 0 Å². The summed E-state index contributed by atoms with van der Waals surface area (Å²) < 4.78 is 8.59. The molecule has 1 aliphatic rings. The quantitative estimate of drug-likeness (QED) is 0.310. The number of nitrogens with zero attached hydrogens (tertiary/aromatic N) is 3. The molecule has 8 heteroatoms. The van der Waals surface area contributed by atoms with Crippen LogP contribution in [0.2, 0.25) is 0 Å². The van der Waals surface area contributed by atoms with E-state index >= 15 is 0 Å². The number of para-hydroxylation sites is 1. The Bertz CT molecular complexity index is 1580. The third-order valence-corrected chi connectivity index (χ3v) is 8.67. The van der Waals surface area contributed by atoms with E-state index in [0.717, 1.165) is 33.2 Å². The Morgan fingerprint density at radius 1 is 1.05 bits per heavy atom. The molecular formula is C35H42N4O4. The molecule has 0 radical (unpaired) electrons. The number of likely N-dealkylation sites (N-methyl/N-ethyl adjacent to an activating group) is 1. The second kappa shape index (κ2) is 13.0. The normalized spacial score (nSPS) is 18.7. The number of hydrogen-bond acceptors (Lipinski definition) is 4. The predicted octanol–water partition coefficient (Wildman–Crippen LogP) is 5.61. The number of fused-ring (bicyclic) bond motifs is 5. The van der Waals surface area contributed by atoms with Gasteiger partial charge in [-0.05, 0) is 36.6 Å². The van der Waals surface area contributed by atoms with Gasteiger partial charge in [-0.1, -0.05) is 79.7 Å². The van der Waals surface area contributed by atoms with Crippen molar-refractivity contribution in [1.82, 2.24) is 19.7 Å². The number of benzene rings is 3. The average molecular weight is 583 g/mol. The SMILES string of the molecule is C[C@@H]1CN([C@H](C)CO)C(=O)c2c(c3ccccc3n2C)-c2ccccc2CO[C@@H]1CN(C)C(=O)N[C@H](C)c1ccccc1. The summed E-state index contributed by atoms with van der Waals surface area (Å²) in [5.74, 6) is -0.275. The molecule has 3 aromatic carbocycles. The van der Waals surface area contributed by atoms with Crippen LogP contribution in [0.25, 0.3) is 22.0 Å². The maximum absolute atomic E-state index is 14.5. The highest BCUT2D eigenvalue weighted by Gasteiger charge is 2.34. The zero-order valence-electron chi connectivity index (χ0n) is 25.7. The van der Waals surface area contributed by atoms with Crippen LogP contribution in [0, 0.1) is 5.92 Å². The topological polar surface area (TPSA) is 87.0 Å². The summed E-state index contributed by atoms with van der Waals surface area (Å²) in [5.41, 5.74) is 5.36. The van der Waals surface area contributed by atoms with Gasteiger partial charge in [0.15, 0.2) is 0 Å². The fourth-order valence-electron chi connectivity index (χ4n) is 6.00. The van der Waals surface area contributed by atoms with E-state index in [0.29, 0.717) is 25.4 Å². The molecule has 0 saturated carbocycles. The second-order valence-corrected chi connectivity index (χ2v) is 11.7. The van der Waals surface area contributed by atoms with E-state index in [9.17, 15) is 14.7 Å². The Kier molecular flexibility index (Phi) is 9.18. The summed E-state index contributed by atoms with van der Waals surface area (Å²) >= 11 is 0. The molecule has 0 fully saturated rings. The highest BCUT2D eigenvalue weighted by Crippen LogP contribution is 2.38. The molecule has 0 aliphatic carbocycles. The van der Waals surface area contributed by atoms with Gasteiger partial charge < -0.3 is 29.5 Å². The number of ether oxygens (including phenoxy) is 1. The summed E-state index contributed by atoms with van der Waals surface area (Å²) in [7, 11) is 3.69. The molecule has 4 aromatic rings. The Balaban J connectivity index is 1.50. The molecule has 226 valence electrons. The molecule has 2 heterocycles. The molecule has 2 N–H and O–H groups in total. The molecule has 1 aliphatic heterocycles. The van der Waals surface area contributed by atoms with Crippen LogP contribution in [0.5, 0.6) is 0 Å². The molecule has 1 aromatic heterocycles. The minimum atomic E-state index is -0.412. The molecule has 43 heavy (non-hydrogen) atoms. The van der Waals surface area contributed by atoms with Crippen LogP contribution in [0.4, 0.5) is 4.79 Å². The summed E-state index contributed by atoms with van der Waals surface area (Å²) in [6.07, 6.45) is -0.366. The van der Waals surface area contributed by atoms with Crippen molar-refractivity contribution < 1.29 is 19.4 Å². The Hall–Kier alpha value is -4.14. The van der Waals surface area contributed by atoms with E-state index in [-0.39, 0.29) is 36.6 Å². The number of rotatable bonds is 6. The lowest BCUT2D eigenvalue weighted by atomic mass is 9.96. The number of urea groups is 1. The number of carbonyl (C=O) groups excluding carboxylic acids is 2. The molecule has 8 nitrogen and oxygen atoms in total. The van der Waals surface area contributed by atoms with Crippen molar-refractivity contribution in [2.24, 2.45) is 13.0 Å². The van der Waals surface area contributed by atoms with Crippen LogP contribution in [0.3, 0.4) is 0 Å². The summed E-state index contributed by atoms with van der Waals surface area (Å²) in [5, 5.41) is 14.3. The third kappa shape index (κ3) is 6.17. The highest BCUT2D eigenvalue weighted by molar-refractivity contribution is 6.10. The first-order valence-electron chi connectivity index (χ1n) is 15.0. The van der Waals surface area contributed by atoms with Crippen LogP contribution in [0.1, 0.15) is 48.4 Å². The van der Waals surface area contributed by atoms with E-state index in [4.69, 9.17) is 4.74 Å². The standard InChI is InChI=1S/C35H42N4O4/c1-23-19-39(24(2)21-40)34(41)33-32(29-17-11-12-18-30(29)38(33)5)28-16-10-9-15-27(28)22-43-31(23)20-37(4)35(42)36-25(3)26-13-7-6-8-14-26/h6-18,23-25,31,40H,19-22H2,1-5H3,(H,36,42)/t23-,24-,25-,31-/m1/s1. The molecule has 5 rings (SSSR count). The largest absolute Gasteiger partial charge is 0.394 e. The summed E-state index contributed by atoms with van der Waals surface area (Å²) in [6, 6.07) is 25.2. The number of aromatic nitrogens is 1. The number of aliphatic hydroxyl groups is 1. The van der Waals surface area contributed by atoms with Crippen LogP contribution >= 0.6 is 0 Å². The number of aryl methyl sites for hydroxylation is 1. The van der Waals surface area contributed by atoms with E-state index in [1.54, 1.807) is 16.8 Å². The Morgan fingerprint density at radius 2 is 1.72 bits per heavy atom. The molecular weight excluding hydrogens is 540 g/mol. The van der Waals surface area contributed by atoms with Gasteiger partial charge in [-0.15, -0.1) is 0 Å². The maximum atomic E-state index is 14.5. The van der Waals surface area contributed by atoms with Gasteiger partial charge in [0.1, 0.15) is 5.69 Å². The van der Waals surface area contributed by atoms with E-state index in [2.05, 4.69) is 5.32 Å². The highest BCUT2D eigenvalue weighted by atomic mass is 16.5. The number of aliphatic hydroxyl groups excluding tert-OH is 1. The van der Waals surface area contributed by atoms with Gasteiger partial charge in [0.25, 0.3) is 5.91 Å². The van der Waals surface area contributed by atoms with E-state index < -0.39 is 6.04 Å². The van der Waals surface area contributed by atoms with Gasteiger partial charge in [0.2, 0.25) is 0 Å². The van der Waals surface area contributed by atoms with Gasteiger partial charge in [-0.3, -0.25) is 4.79 Å². The van der Waals surface area contributed by atoms with Crippen molar-refractivity contribution in [3.8, 4) is 11.1 Å². The van der Waals surface area contributed by atoms with Gasteiger partial charge in [-0.25, -0.2) is 4.79 Å². The maximum Gasteiger partial charge on any atom is 0.317 e. The molecule has 0 saturated heterocycles. The van der Waals surface area contributed by atoms with E-state index in [1.165, 1.54) is 0 Å². The first kappa shape index (κ1) is 30.3. The number of amides is 3. The third-order valence-electron chi connectivity index (χ3n) is 8.67. The monoisotopic (exact) mass is 582 g/mol. The molecule has 0 unspecified atom stereocenters. The molecule has 0 bridgehead atoms. The van der Waals surface area contributed by atoms with Crippen LogP contribution in [0.15, 0.2) is 78.9 Å². The van der Waals surface area contributed by atoms with Crippen LogP contribution in [-0.4, -0.2) is 70.3 Å². The second-order valence-electron chi connectivity index (χ2n) is 11.7. The van der Waals surface area contributed by atoms with Gasteiger partial charge in [0, 0.05) is 49.6 Å². The minimum absolute atomic E-state index is 0.136. The van der Waals surface area contributed by atoms with Gasteiger partial charge in [0.05, 0.1) is 31.4 Å². The van der Waals surface area contributed by atoms with E-state index in [1.807, 2.05) is 111 Å². The van der Waals surface area contributed by atoms with Crippen LogP contribution in [-0.2, 0) is 18.4 Å². The van der Waals surface area contributed by atoms with Crippen molar-refractivity contribution in [2.75, 3.05) is 26.7 Å².